The molecule has 7 heteroatoms. The summed E-state index contributed by atoms with van der Waals surface area (Å²) >= 11 is 0. The van der Waals surface area contributed by atoms with Crippen molar-refractivity contribution < 1.29 is 28.0 Å². The topological polar surface area (TPSA) is 82.1 Å². The number of carbonyl (C=O) groups excluding carboxylic acids is 1. The molecule has 0 radical (unpaired) electrons. The van der Waals surface area contributed by atoms with E-state index in [4.69, 9.17) is 4.89 Å². The Labute approximate surface area is 75.7 Å². The van der Waals surface area contributed by atoms with E-state index < -0.39 is 13.8 Å². The van der Waals surface area contributed by atoms with Crippen molar-refractivity contribution in [2.24, 2.45) is 0 Å². The highest BCUT2D eigenvalue weighted by molar-refractivity contribution is 7.47. The minimum Gasteiger partial charge on any atom is -0.460 e. The Kier molecular flexibility index (Phi) is 5.57. The maximum atomic E-state index is 10.6. The second kappa shape index (κ2) is 5.88. The van der Waals surface area contributed by atoms with E-state index in [0.29, 0.717) is 0 Å². The van der Waals surface area contributed by atoms with E-state index in [1.54, 1.807) is 0 Å². The third kappa shape index (κ3) is 6.48. The Morgan fingerprint density at radius 3 is 2.69 bits per heavy atom. The molecule has 0 aromatic carbocycles. The third-order valence-corrected chi connectivity index (χ3v) is 1.95. The van der Waals surface area contributed by atoms with Crippen LogP contribution in [0.15, 0.2) is 12.7 Å². The van der Waals surface area contributed by atoms with Crippen molar-refractivity contribution in [1.82, 2.24) is 0 Å². The fraction of sp³-hybridized carbons (Fsp3) is 0.500. The minimum atomic E-state index is -3.96. The fourth-order valence-electron chi connectivity index (χ4n) is 0.407. The smallest absolute Gasteiger partial charge is 0.460 e. The van der Waals surface area contributed by atoms with E-state index in [1.165, 1.54) is 0 Å². The average Bonchev–Trinajstić information content (AvgIpc) is 2.12. The zero-order chi connectivity index (χ0) is 10.3. The van der Waals surface area contributed by atoms with Crippen LogP contribution in [-0.4, -0.2) is 31.2 Å². The molecular formula is C6H11O6P. The summed E-state index contributed by atoms with van der Waals surface area (Å²) in [6.45, 7) is 2.83. The molecule has 0 bridgehead atoms. The van der Waals surface area contributed by atoms with Crippen molar-refractivity contribution in [3.63, 3.8) is 0 Å². The number of carbonyl (C=O) groups is 1. The van der Waals surface area contributed by atoms with Gasteiger partial charge in [0.15, 0.2) is 0 Å². The maximum Gasteiger partial charge on any atom is 0.472 e. The molecule has 0 saturated heterocycles. The Balaban J connectivity index is 3.52. The zero-order valence-corrected chi connectivity index (χ0v) is 8.03. The molecule has 1 N–H and O–H groups in total. The maximum absolute atomic E-state index is 10.6. The molecule has 0 fully saturated rings. The Hall–Kier alpha value is -0.680. The first-order valence-corrected chi connectivity index (χ1v) is 4.83. The average molecular weight is 210 g/mol. The molecule has 0 aliphatic carbocycles. The van der Waals surface area contributed by atoms with Gasteiger partial charge in [-0.2, -0.15) is 0 Å². The molecule has 0 aliphatic rings. The number of esters is 1. The first kappa shape index (κ1) is 12.3. The van der Waals surface area contributed by atoms with Crippen LogP contribution in [0.5, 0.6) is 0 Å². The van der Waals surface area contributed by atoms with Gasteiger partial charge in [-0.3, -0.25) is 9.05 Å². The van der Waals surface area contributed by atoms with Crippen LogP contribution >= 0.6 is 7.82 Å². The highest BCUT2D eigenvalue weighted by Crippen LogP contribution is 2.41. The summed E-state index contributed by atoms with van der Waals surface area (Å²) in [7, 11) is -2.92. The van der Waals surface area contributed by atoms with Crippen LogP contribution in [0, 0.1) is 0 Å². The zero-order valence-electron chi connectivity index (χ0n) is 7.13. The van der Waals surface area contributed by atoms with E-state index in [-0.39, 0.29) is 13.2 Å². The Morgan fingerprint density at radius 2 is 2.23 bits per heavy atom. The van der Waals surface area contributed by atoms with Gasteiger partial charge in [0, 0.05) is 13.2 Å². The molecule has 0 rings (SSSR count). The minimum absolute atomic E-state index is 0.126. The Bertz CT molecular complexity index is 225. The highest BCUT2D eigenvalue weighted by atomic mass is 31.2. The molecule has 1 unspecified atom stereocenters. The molecule has 0 spiro atoms. The second-order valence-corrected chi connectivity index (χ2v) is 3.42. The molecule has 6 nitrogen and oxygen atoms in total. The van der Waals surface area contributed by atoms with Gasteiger partial charge in [-0.1, -0.05) is 6.58 Å². The molecule has 0 aromatic heterocycles. The summed E-state index contributed by atoms with van der Waals surface area (Å²) < 4.78 is 23.6. The number of hydrogen-bond acceptors (Lipinski definition) is 5. The van der Waals surface area contributed by atoms with E-state index in [9.17, 15) is 9.36 Å². The molecule has 0 aliphatic heterocycles. The van der Waals surface area contributed by atoms with Gasteiger partial charge >= 0.3 is 13.8 Å². The van der Waals surface area contributed by atoms with Gasteiger partial charge in [-0.25, -0.2) is 9.36 Å². The molecule has 13 heavy (non-hydrogen) atoms. The lowest BCUT2D eigenvalue weighted by Gasteiger charge is -2.08. The monoisotopic (exact) mass is 210 g/mol. The molecule has 0 heterocycles. The number of rotatable bonds is 6. The molecule has 0 saturated carbocycles. The van der Waals surface area contributed by atoms with Crippen LogP contribution in [0.2, 0.25) is 0 Å². The molecule has 0 amide bonds. The largest absolute Gasteiger partial charge is 0.472 e. The summed E-state index contributed by atoms with van der Waals surface area (Å²) in [5, 5.41) is 0. The van der Waals surface area contributed by atoms with Gasteiger partial charge in [-0.05, 0) is 0 Å². The normalized spacial score (nSPS) is 14.6. The molecule has 0 aromatic rings. The van der Waals surface area contributed by atoms with E-state index in [1.807, 2.05) is 0 Å². The van der Waals surface area contributed by atoms with Crippen molar-refractivity contribution in [1.29, 1.82) is 0 Å². The molecule has 76 valence electrons. The first-order valence-electron chi connectivity index (χ1n) is 3.34. The third-order valence-electron chi connectivity index (χ3n) is 0.979. The van der Waals surface area contributed by atoms with Crippen LogP contribution in [0.1, 0.15) is 0 Å². The van der Waals surface area contributed by atoms with Gasteiger partial charge in [0.05, 0.1) is 6.61 Å². The summed E-state index contributed by atoms with van der Waals surface area (Å²) in [5.41, 5.74) is 0. The quantitative estimate of drug-likeness (QED) is 0.297. The van der Waals surface area contributed by atoms with Gasteiger partial charge in [0.2, 0.25) is 0 Å². The van der Waals surface area contributed by atoms with Crippen molar-refractivity contribution in [3.8, 4) is 0 Å². The van der Waals surface area contributed by atoms with Crippen LogP contribution in [0.25, 0.3) is 0 Å². The summed E-state index contributed by atoms with van der Waals surface area (Å²) in [5.74, 6) is -0.617. The standard InChI is InChI=1S/C6H11O6P/c1-3-6(7)11-4-5-12-13(8,9)10-2/h3H,1,4-5H2,2H3,(H,8,9). The number of phosphoric ester groups is 1. The summed E-state index contributed by atoms with van der Waals surface area (Å²) in [4.78, 5) is 19.1. The highest BCUT2D eigenvalue weighted by Gasteiger charge is 2.17. The van der Waals surface area contributed by atoms with Crippen molar-refractivity contribution >= 4 is 13.8 Å². The van der Waals surface area contributed by atoms with E-state index in [2.05, 4.69) is 20.4 Å². The van der Waals surface area contributed by atoms with Crippen molar-refractivity contribution in [3.05, 3.63) is 12.7 Å². The van der Waals surface area contributed by atoms with Gasteiger partial charge in [0.25, 0.3) is 0 Å². The lowest BCUT2D eigenvalue weighted by Crippen LogP contribution is -2.07. The van der Waals surface area contributed by atoms with Gasteiger partial charge in [0.1, 0.15) is 6.61 Å². The fourth-order valence-corrected chi connectivity index (χ4v) is 0.817. The van der Waals surface area contributed by atoms with Crippen LogP contribution in [0.4, 0.5) is 0 Å². The van der Waals surface area contributed by atoms with Crippen LogP contribution in [-0.2, 0) is 23.1 Å². The number of phosphoric acid groups is 1. The Morgan fingerprint density at radius 1 is 1.62 bits per heavy atom. The van der Waals surface area contributed by atoms with Crippen molar-refractivity contribution in [2.75, 3.05) is 20.3 Å². The number of ether oxygens (including phenoxy) is 1. The summed E-state index contributed by atoms with van der Waals surface area (Å²) in [6, 6.07) is 0. The van der Waals surface area contributed by atoms with E-state index in [0.717, 1.165) is 13.2 Å². The van der Waals surface area contributed by atoms with Gasteiger partial charge < -0.3 is 9.63 Å². The number of hydrogen-bond donors (Lipinski definition) is 1. The van der Waals surface area contributed by atoms with Gasteiger partial charge in [-0.15, -0.1) is 0 Å². The SMILES string of the molecule is C=CC(=O)OCCOP(=O)(O)OC. The predicted octanol–water partition coefficient (Wildman–Crippen LogP) is 0.479. The second-order valence-electron chi connectivity index (χ2n) is 1.86. The molecular weight excluding hydrogens is 199 g/mol. The summed E-state index contributed by atoms with van der Waals surface area (Å²) in [6.07, 6.45) is 0.981. The van der Waals surface area contributed by atoms with Crippen LogP contribution < -0.4 is 0 Å². The lowest BCUT2D eigenvalue weighted by molar-refractivity contribution is -0.138. The lowest BCUT2D eigenvalue weighted by atomic mass is 10.6. The first-order chi connectivity index (χ1) is 6.02. The predicted molar refractivity (Wildman–Crippen MR) is 43.9 cm³/mol. The van der Waals surface area contributed by atoms with Crippen molar-refractivity contribution in [2.45, 2.75) is 0 Å². The van der Waals surface area contributed by atoms with Crippen LogP contribution in [0.3, 0.4) is 0 Å². The molecule has 1 atom stereocenters. The van der Waals surface area contributed by atoms with E-state index >= 15 is 0 Å².